The number of aromatic hydroxyl groups is 1. The van der Waals surface area contributed by atoms with Gasteiger partial charge in [0.05, 0.1) is 0 Å². The predicted octanol–water partition coefficient (Wildman–Crippen LogP) is 2.67. The molecule has 1 aliphatic carbocycles. The van der Waals surface area contributed by atoms with E-state index in [2.05, 4.69) is 15.9 Å². The van der Waals surface area contributed by atoms with Gasteiger partial charge >= 0.3 is 0 Å². The van der Waals surface area contributed by atoms with E-state index < -0.39 is 0 Å². The number of hydrogen-bond acceptors (Lipinski definition) is 2. The predicted molar refractivity (Wildman–Crippen MR) is 53.1 cm³/mol. The van der Waals surface area contributed by atoms with E-state index in [1.165, 1.54) is 0 Å². The molecule has 0 aromatic heterocycles. The quantitative estimate of drug-likeness (QED) is 0.758. The van der Waals surface area contributed by atoms with Crippen LogP contribution < -0.4 is 0 Å². The van der Waals surface area contributed by atoms with Crippen molar-refractivity contribution in [3.8, 4) is 5.75 Å². The lowest BCUT2D eigenvalue weighted by atomic mass is 9.90. The second kappa shape index (κ2) is 3.14. The monoisotopic (exact) mass is 240 g/mol. The van der Waals surface area contributed by atoms with Crippen molar-refractivity contribution < 1.29 is 9.90 Å². The maximum atomic E-state index is 11.5. The van der Waals surface area contributed by atoms with Gasteiger partial charge in [0.1, 0.15) is 5.75 Å². The number of carbonyl (C=O) groups is 1. The van der Waals surface area contributed by atoms with E-state index in [-0.39, 0.29) is 11.5 Å². The third-order valence-electron chi connectivity index (χ3n) is 2.29. The number of benzene rings is 1. The van der Waals surface area contributed by atoms with E-state index in [0.29, 0.717) is 10.9 Å². The Kier molecular flexibility index (Phi) is 2.12. The van der Waals surface area contributed by atoms with E-state index in [9.17, 15) is 9.90 Å². The summed E-state index contributed by atoms with van der Waals surface area (Å²) in [7, 11) is 0. The first-order valence-electron chi connectivity index (χ1n) is 4.23. The van der Waals surface area contributed by atoms with E-state index in [0.717, 1.165) is 24.0 Å². The number of phenolic OH excluding ortho intramolecular Hbond substituents is 1. The molecule has 0 radical (unpaired) electrons. The van der Waals surface area contributed by atoms with Gasteiger partial charge in [0.2, 0.25) is 0 Å². The van der Waals surface area contributed by atoms with Crippen LogP contribution in [0.15, 0.2) is 16.6 Å². The fourth-order valence-corrected chi connectivity index (χ4v) is 2.43. The highest BCUT2D eigenvalue weighted by Crippen LogP contribution is 2.31. The Morgan fingerprint density at radius 3 is 2.85 bits per heavy atom. The smallest absolute Gasteiger partial charge is 0.164 e. The van der Waals surface area contributed by atoms with Crippen LogP contribution in [0.2, 0.25) is 0 Å². The van der Waals surface area contributed by atoms with E-state index in [4.69, 9.17) is 0 Å². The third-order valence-corrected chi connectivity index (χ3v) is 2.91. The fourth-order valence-electron chi connectivity index (χ4n) is 1.72. The van der Waals surface area contributed by atoms with Crippen molar-refractivity contribution in [2.75, 3.05) is 0 Å². The molecule has 2 rings (SSSR count). The number of fused-ring (bicyclic) bond motifs is 1. The molecule has 0 unspecified atom stereocenters. The molecule has 0 saturated heterocycles. The second-order valence-electron chi connectivity index (χ2n) is 3.24. The molecule has 0 atom stereocenters. The lowest BCUT2D eigenvalue weighted by Gasteiger charge is -2.15. The number of halogens is 1. The fraction of sp³-hybridized carbons (Fsp3) is 0.300. The Labute approximate surface area is 84.7 Å². The molecule has 13 heavy (non-hydrogen) atoms. The van der Waals surface area contributed by atoms with Crippen LogP contribution in [0.1, 0.15) is 28.8 Å². The molecule has 1 N–H and O–H groups in total. The van der Waals surface area contributed by atoms with Crippen LogP contribution in [0.25, 0.3) is 0 Å². The second-order valence-corrected chi connectivity index (χ2v) is 4.09. The van der Waals surface area contributed by atoms with Crippen molar-refractivity contribution in [2.24, 2.45) is 0 Å². The van der Waals surface area contributed by atoms with Gasteiger partial charge in [-0.3, -0.25) is 4.79 Å². The molecule has 2 nitrogen and oxygen atoms in total. The highest BCUT2D eigenvalue weighted by Gasteiger charge is 2.20. The zero-order valence-corrected chi connectivity index (χ0v) is 8.60. The van der Waals surface area contributed by atoms with Crippen molar-refractivity contribution in [1.29, 1.82) is 0 Å². The Hall–Kier alpha value is -0.830. The van der Waals surface area contributed by atoms with Crippen LogP contribution in [0, 0.1) is 0 Å². The molecule has 3 heteroatoms. The lowest BCUT2D eigenvalue weighted by molar-refractivity contribution is 0.0971. The van der Waals surface area contributed by atoms with Gasteiger partial charge in [-0.15, -0.1) is 0 Å². The molecule has 1 aliphatic rings. The van der Waals surface area contributed by atoms with Crippen LogP contribution in [0.3, 0.4) is 0 Å². The van der Waals surface area contributed by atoms with Gasteiger partial charge in [-0.1, -0.05) is 0 Å². The summed E-state index contributed by atoms with van der Waals surface area (Å²) in [5, 5.41) is 9.31. The first-order chi connectivity index (χ1) is 6.18. The number of aryl methyl sites for hydroxylation is 1. The molecular weight excluding hydrogens is 232 g/mol. The lowest BCUT2D eigenvalue weighted by Crippen LogP contribution is -2.11. The molecule has 68 valence electrons. The maximum Gasteiger partial charge on any atom is 0.164 e. The maximum absolute atomic E-state index is 11.5. The molecule has 0 spiro atoms. The third kappa shape index (κ3) is 1.48. The average molecular weight is 241 g/mol. The van der Waals surface area contributed by atoms with Gasteiger partial charge in [-0.2, -0.15) is 0 Å². The number of phenols is 1. The highest BCUT2D eigenvalue weighted by molar-refractivity contribution is 9.10. The standard InChI is InChI=1S/C10H9BrO2/c11-8-5-7(12)4-6-2-1-3-9(13)10(6)8/h4-5,12H,1-3H2. The summed E-state index contributed by atoms with van der Waals surface area (Å²) in [5.74, 6) is 0.397. The van der Waals surface area contributed by atoms with Gasteiger partial charge in [-0.05, 0) is 46.5 Å². The number of rotatable bonds is 0. The van der Waals surface area contributed by atoms with Crippen LogP contribution in [0.4, 0.5) is 0 Å². The summed E-state index contributed by atoms with van der Waals surface area (Å²) >= 11 is 3.29. The van der Waals surface area contributed by atoms with Gasteiger partial charge < -0.3 is 5.11 Å². The minimum atomic E-state index is 0.174. The van der Waals surface area contributed by atoms with Gasteiger partial charge in [0.25, 0.3) is 0 Å². The topological polar surface area (TPSA) is 37.3 Å². The zero-order valence-electron chi connectivity index (χ0n) is 7.01. The number of hydrogen-bond donors (Lipinski definition) is 1. The normalized spacial score (nSPS) is 15.6. The van der Waals surface area contributed by atoms with Crippen molar-refractivity contribution in [3.63, 3.8) is 0 Å². The van der Waals surface area contributed by atoms with Gasteiger partial charge in [0, 0.05) is 16.5 Å². The zero-order chi connectivity index (χ0) is 9.42. The summed E-state index contributed by atoms with van der Waals surface area (Å²) in [6, 6.07) is 3.25. The Balaban J connectivity index is 2.63. The molecule has 1 aromatic carbocycles. The minimum absolute atomic E-state index is 0.174. The molecule has 0 saturated carbocycles. The summed E-state index contributed by atoms with van der Waals surface area (Å²) in [5.41, 5.74) is 1.71. The summed E-state index contributed by atoms with van der Waals surface area (Å²) in [6.45, 7) is 0. The largest absolute Gasteiger partial charge is 0.508 e. The van der Waals surface area contributed by atoms with E-state index in [1.54, 1.807) is 12.1 Å². The van der Waals surface area contributed by atoms with Crippen molar-refractivity contribution in [2.45, 2.75) is 19.3 Å². The first kappa shape index (κ1) is 8.75. The van der Waals surface area contributed by atoms with Crippen molar-refractivity contribution in [1.82, 2.24) is 0 Å². The highest BCUT2D eigenvalue weighted by atomic mass is 79.9. The molecule has 1 aromatic rings. The molecule has 0 fully saturated rings. The van der Waals surface area contributed by atoms with Gasteiger partial charge in [-0.25, -0.2) is 0 Å². The summed E-state index contributed by atoms with van der Waals surface area (Å²) in [4.78, 5) is 11.5. The number of carbonyl (C=O) groups excluding carboxylic acids is 1. The van der Waals surface area contributed by atoms with Crippen LogP contribution in [-0.4, -0.2) is 10.9 Å². The Bertz CT molecular complexity index is 371. The molecule has 0 heterocycles. The number of Topliss-reactive ketones (excluding diaryl/α,β-unsaturated/α-hetero) is 1. The van der Waals surface area contributed by atoms with E-state index >= 15 is 0 Å². The molecule has 0 amide bonds. The molecule has 0 aliphatic heterocycles. The average Bonchev–Trinajstić information content (AvgIpc) is 2.02. The first-order valence-corrected chi connectivity index (χ1v) is 5.02. The van der Waals surface area contributed by atoms with Crippen LogP contribution in [-0.2, 0) is 6.42 Å². The summed E-state index contributed by atoms with van der Waals surface area (Å²) in [6.07, 6.45) is 2.40. The minimum Gasteiger partial charge on any atom is -0.508 e. The van der Waals surface area contributed by atoms with E-state index in [1.807, 2.05) is 0 Å². The Morgan fingerprint density at radius 1 is 1.31 bits per heavy atom. The SMILES string of the molecule is O=C1CCCc2cc(O)cc(Br)c21. The van der Waals surface area contributed by atoms with Crippen LogP contribution in [0.5, 0.6) is 5.75 Å². The summed E-state index contributed by atoms with van der Waals surface area (Å²) < 4.78 is 0.715. The van der Waals surface area contributed by atoms with Crippen LogP contribution >= 0.6 is 15.9 Å². The number of ketones is 1. The molecular formula is C10H9BrO2. The van der Waals surface area contributed by atoms with Crippen molar-refractivity contribution in [3.05, 3.63) is 27.7 Å². The Morgan fingerprint density at radius 2 is 2.08 bits per heavy atom. The van der Waals surface area contributed by atoms with Gasteiger partial charge in [0.15, 0.2) is 5.78 Å². The molecule has 0 bridgehead atoms. The van der Waals surface area contributed by atoms with Crippen molar-refractivity contribution >= 4 is 21.7 Å².